The Hall–Kier alpha value is -0.790. The van der Waals surface area contributed by atoms with Crippen LogP contribution in [0, 0.1) is 5.41 Å². The number of rotatable bonds is 2. The van der Waals surface area contributed by atoms with Crippen molar-refractivity contribution in [2.24, 2.45) is 5.73 Å². The Morgan fingerprint density at radius 2 is 1.89 bits per heavy atom. The van der Waals surface area contributed by atoms with E-state index in [1.54, 1.807) is 6.92 Å². The van der Waals surface area contributed by atoms with E-state index in [0.717, 1.165) is 17.7 Å². The topological polar surface area (TPSA) is 49.9 Å². The van der Waals surface area contributed by atoms with E-state index in [-0.39, 0.29) is 0 Å². The molecule has 0 aromatic heterocycles. The molecular weight excluding hydrogens is 112 g/mol. The summed E-state index contributed by atoms with van der Waals surface area (Å²) in [5.74, 6) is 0. The predicted molar refractivity (Wildman–Crippen MR) is 40.6 cm³/mol. The van der Waals surface area contributed by atoms with Gasteiger partial charge in [-0.3, -0.25) is 0 Å². The second-order valence-electron chi connectivity index (χ2n) is 2.14. The van der Waals surface area contributed by atoms with Gasteiger partial charge in [0.15, 0.2) is 0 Å². The Morgan fingerprint density at radius 1 is 1.44 bits per heavy atom. The van der Waals surface area contributed by atoms with Crippen LogP contribution in [0.1, 0.15) is 27.2 Å². The van der Waals surface area contributed by atoms with Gasteiger partial charge in [-0.2, -0.15) is 0 Å². The summed E-state index contributed by atoms with van der Waals surface area (Å²) in [4.78, 5) is 0. The van der Waals surface area contributed by atoms with Gasteiger partial charge < -0.3 is 11.1 Å². The predicted octanol–water partition coefficient (Wildman–Crippen LogP) is 1.67. The summed E-state index contributed by atoms with van der Waals surface area (Å²) in [6.45, 7) is 5.59. The van der Waals surface area contributed by atoms with Crippen LogP contribution in [0.4, 0.5) is 0 Å². The highest BCUT2D eigenvalue weighted by atomic mass is 14.6. The van der Waals surface area contributed by atoms with Crippen LogP contribution in [-0.4, -0.2) is 5.71 Å². The molecule has 0 aliphatic heterocycles. The first-order valence-corrected chi connectivity index (χ1v) is 3.10. The zero-order valence-electron chi connectivity index (χ0n) is 6.28. The van der Waals surface area contributed by atoms with E-state index in [4.69, 9.17) is 11.1 Å². The Bertz CT molecular complexity index is 141. The van der Waals surface area contributed by atoms with Gasteiger partial charge in [0.25, 0.3) is 0 Å². The molecule has 52 valence electrons. The second-order valence-corrected chi connectivity index (χ2v) is 2.14. The molecule has 0 spiro atoms. The maximum absolute atomic E-state index is 7.24. The third-order valence-electron chi connectivity index (χ3n) is 1.28. The zero-order chi connectivity index (χ0) is 7.44. The van der Waals surface area contributed by atoms with Crippen LogP contribution in [0.2, 0.25) is 0 Å². The first kappa shape index (κ1) is 8.21. The van der Waals surface area contributed by atoms with E-state index in [2.05, 4.69) is 0 Å². The van der Waals surface area contributed by atoms with E-state index in [1.165, 1.54) is 0 Å². The molecule has 0 aliphatic rings. The third-order valence-corrected chi connectivity index (χ3v) is 1.28. The summed E-state index contributed by atoms with van der Waals surface area (Å²) in [5.41, 5.74) is 7.80. The first-order chi connectivity index (χ1) is 4.09. The summed E-state index contributed by atoms with van der Waals surface area (Å²) >= 11 is 0. The SMILES string of the molecule is CC/C(C(C)=N)=C(\C)N. The third kappa shape index (κ3) is 2.31. The standard InChI is InChI=1S/C7H14N2/c1-4-7(5(2)8)6(3)9/h8H,4,9H2,1-3H3/b7-6-,8-5?. The van der Waals surface area contributed by atoms with Gasteiger partial charge in [0.2, 0.25) is 0 Å². The lowest BCUT2D eigenvalue weighted by Gasteiger charge is -2.02. The minimum atomic E-state index is 0.581. The Morgan fingerprint density at radius 3 is 1.89 bits per heavy atom. The summed E-state index contributed by atoms with van der Waals surface area (Å²) in [6, 6.07) is 0. The molecule has 0 aromatic rings. The minimum absolute atomic E-state index is 0.581. The number of hydrogen-bond acceptors (Lipinski definition) is 2. The molecule has 0 saturated carbocycles. The minimum Gasteiger partial charge on any atom is -0.402 e. The number of nitrogens with one attached hydrogen (secondary N) is 1. The molecular formula is C7H14N2. The lowest BCUT2D eigenvalue weighted by Crippen LogP contribution is -2.03. The molecule has 0 saturated heterocycles. The van der Waals surface area contributed by atoms with Crippen LogP contribution in [0.5, 0.6) is 0 Å². The molecule has 0 aromatic carbocycles. The highest BCUT2D eigenvalue weighted by Crippen LogP contribution is 2.04. The molecule has 0 bridgehead atoms. The van der Waals surface area contributed by atoms with Crippen molar-refractivity contribution in [3.8, 4) is 0 Å². The van der Waals surface area contributed by atoms with Crippen LogP contribution >= 0.6 is 0 Å². The fourth-order valence-electron chi connectivity index (χ4n) is 0.840. The van der Waals surface area contributed by atoms with Crippen molar-refractivity contribution >= 4 is 5.71 Å². The zero-order valence-corrected chi connectivity index (χ0v) is 6.28. The first-order valence-electron chi connectivity index (χ1n) is 3.10. The highest BCUT2D eigenvalue weighted by Gasteiger charge is 1.97. The van der Waals surface area contributed by atoms with Crippen LogP contribution in [0.25, 0.3) is 0 Å². The normalized spacial score (nSPS) is 12.8. The smallest absolute Gasteiger partial charge is 0.0331 e. The monoisotopic (exact) mass is 126 g/mol. The van der Waals surface area contributed by atoms with Crippen molar-refractivity contribution < 1.29 is 0 Å². The molecule has 0 unspecified atom stereocenters. The maximum Gasteiger partial charge on any atom is 0.0331 e. The lowest BCUT2D eigenvalue weighted by atomic mass is 10.1. The summed E-state index contributed by atoms with van der Waals surface area (Å²) in [5, 5.41) is 7.24. The van der Waals surface area contributed by atoms with Gasteiger partial charge in [-0.25, -0.2) is 0 Å². The molecule has 2 heteroatoms. The Kier molecular flexibility index (Phi) is 2.99. The molecule has 0 fully saturated rings. The van der Waals surface area contributed by atoms with E-state index in [0.29, 0.717) is 5.71 Å². The molecule has 0 aliphatic carbocycles. The number of allylic oxidation sites excluding steroid dienone is 2. The van der Waals surface area contributed by atoms with E-state index in [1.807, 2.05) is 13.8 Å². The van der Waals surface area contributed by atoms with Crippen LogP contribution in [-0.2, 0) is 0 Å². The van der Waals surface area contributed by atoms with Crippen molar-refractivity contribution in [3.63, 3.8) is 0 Å². The Labute approximate surface area is 56.3 Å². The molecule has 9 heavy (non-hydrogen) atoms. The van der Waals surface area contributed by atoms with Gasteiger partial charge in [-0.1, -0.05) is 6.92 Å². The molecule has 0 amide bonds. The van der Waals surface area contributed by atoms with Gasteiger partial charge in [0.1, 0.15) is 0 Å². The van der Waals surface area contributed by atoms with Crippen molar-refractivity contribution in [1.29, 1.82) is 5.41 Å². The van der Waals surface area contributed by atoms with Crippen LogP contribution in [0.3, 0.4) is 0 Å². The highest BCUT2D eigenvalue weighted by molar-refractivity contribution is 5.96. The molecule has 2 nitrogen and oxygen atoms in total. The summed E-state index contributed by atoms with van der Waals surface area (Å²) in [7, 11) is 0. The number of hydrogen-bond donors (Lipinski definition) is 2. The van der Waals surface area contributed by atoms with Crippen molar-refractivity contribution in [2.45, 2.75) is 27.2 Å². The average Bonchev–Trinajstić information content (AvgIpc) is 1.64. The van der Waals surface area contributed by atoms with Crippen LogP contribution < -0.4 is 5.73 Å². The van der Waals surface area contributed by atoms with Crippen molar-refractivity contribution in [2.75, 3.05) is 0 Å². The largest absolute Gasteiger partial charge is 0.402 e. The molecule has 0 heterocycles. The summed E-state index contributed by atoms with van der Waals surface area (Å²) < 4.78 is 0. The van der Waals surface area contributed by atoms with Gasteiger partial charge in [0.05, 0.1) is 0 Å². The average molecular weight is 126 g/mol. The van der Waals surface area contributed by atoms with Gasteiger partial charge in [-0.15, -0.1) is 0 Å². The van der Waals surface area contributed by atoms with Gasteiger partial charge >= 0.3 is 0 Å². The van der Waals surface area contributed by atoms with E-state index >= 15 is 0 Å². The molecule has 0 atom stereocenters. The summed E-state index contributed by atoms with van der Waals surface area (Å²) in [6.07, 6.45) is 0.859. The quantitative estimate of drug-likeness (QED) is 0.543. The maximum atomic E-state index is 7.24. The second kappa shape index (κ2) is 3.28. The van der Waals surface area contributed by atoms with E-state index < -0.39 is 0 Å². The lowest BCUT2D eigenvalue weighted by molar-refractivity contribution is 1.09. The van der Waals surface area contributed by atoms with Gasteiger partial charge in [-0.05, 0) is 25.8 Å². The molecule has 3 N–H and O–H groups in total. The molecule has 0 radical (unpaired) electrons. The fourth-order valence-corrected chi connectivity index (χ4v) is 0.840. The van der Waals surface area contributed by atoms with Crippen LogP contribution in [0.15, 0.2) is 11.3 Å². The fraction of sp³-hybridized carbons (Fsp3) is 0.571. The van der Waals surface area contributed by atoms with E-state index in [9.17, 15) is 0 Å². The van der Waals surface area contributed by atoms with Crippen molar-refractivity contribution in [1.82, 2.24) is 0 Å². The molecule has 0 rings (SSSR count). The van der Waals surface area contributed by atoms with Gasteiger partial charge in [0, 0.05) is 11.4 Å². The Balaban J connectivity index is 4.35. The number of nitrogens with two attached hydrogens (primary N) is 1. The van der Waals surface area contributed by atoms with Crippen molar-refractivity contribution in [3.05, 3.63) is 11.3 Å².